The third kappa shape index (κ3) is 4.93. The van der Waals surface area contributed by atoms with Gasteiger partial charge in [0.05, 0.1) is 24.9 Å². The highest BCUT2D eigenvalue weighted by Crippen LogP contribution is 2.29. The molecule has 1 saturated heterocycles. The minimum absolute atomic E-state index is 0.0338. The highest BCUT2D eigenvalue weighted by molar-refractivity contribution is 5.76. The van der Waals surface area contributed by atoms with Crippen LogP contribution < -0.4 is 10.3 Å². The summed E-state index contributed by atoms with van der Waals surface area (Å²) in [5.41, 5.74) is 4.67. The molecule has 6 rings (SSSR count). The second-order valence-electron chi connectivity index (χ2n) is 10.1. The summed E-state index contributed by atoms with van der Waals surface area (Å²) in [5.74, 6) is 1.26. The second kappa shape index (κ2) is 11.0. The van der Waals surface area contributed by atoms with Gasteiger partial charge in [-0.2, -0.15) is 4.98 Å². The first-order chi connectivity index (χ1) is 19.1. The molecule has 5 aromatic rings. The number of nitrogens with zero attached hydrogens (tertiary/aromatic N) is 6. The van der Waals surface area contributed by atoms with Crippen LogP contribution in [-0.2, 0) is 6.54 Å². The average Bonchev–Trinajstić information content (AvgIpc) is 3.38. The SMILES string of the molecule is COc1ccc2c(n1)n1c(C)ncc1c(=O)n2CCCN1CCN(C(c2ccccc2)c2ccccc2)CC1. The molecule has 1 aliphatic heterocycles. The van der Waals surface area contributed by atoms with E-state index in [1.165, 1.54) is 11.1 Å². The van der Waals surface area contributed by atoms with Gasteiger partial charge >= 0.3 is 0 Å². The van der Waals surface area contributed by atoms with Crippen LogP contribution in [0.25, 0.3) is 16.7 Å². The monoisotopic (exact) mass is 522 g/mol. The smallest absolute Gasteiger partial charge is 0.277 e. The number of fused-ring (bicyclic) bond motifs is 3. The van der Waals surface area contributed by atoms with E-state index in [2.05, 4.69) is 80.4 Å². The lowest BCUT2D eigenvalue weighted by atomic mass is 9.96. The first kappa shape index (κ1) is 25.3. The molecule has 39 heavy (non-hydrogen) atoms. The molecule has 0 saturated carbocycles. The van der Waals surface area contributed by atoms with Crippen LogP contribution in [0.4, 0.5) is 0 Å². The Morgan fingerprint density at radius 1 is 0.846 bits per heavy atom. The predicted molar refractivity (Wildman–Crippen MR) is 153 cm³/mol. The maximum atomic E-state index is 13.4. The Kier molecular flexibility index (Phi) is 7.13. The van der Waals surface area contributed by atoms with Crippen LogP contribution in [0.15, 0.2) is 83.8 Å². The summed E-state index contributed by atoms with van der Waals surface area (Å²) in [6.07, 6.45) is 2.52. The van der Waals surface area contributed by atoms with Gasteiger partial charge in [0, 0.05) is 38.8 Å². The van der Waals surface area contributed by atoms with Crippen LogP contribution in [0.5, 0.6) is 5.88 Å². The number of piperazine rings is 1. The van der Waals surface area contributed by atoms with Gasteiger partial charge in [0.15, 0.2) is 5.65 Å². The number of imidazole rings is 1. The summed E-state index contributed by atoms with van der Waals surface area (Å²) in [7, 11) is 1.60. The number of rotatable bonds is 8. The van der Waals surface area contributed by atoms with Crippen LogP contribution in [0.1, 0.15) is 29.4 Å². The van der Waals surface area contributed by atoms with Crippen molar-refractivity contribution < 1.29 is 4.74 Å². The molecule has 0 unspecified atom stereocenters. The van der Waals surface area contributed by atoms with Crippen LogP contribution in [0, 0.1) is 6.92 Å². The molecule has 0 N–H and O–H groups in total. The van der Waals surface area contributed by atoms with Crippen molar-refractivity contribution in [3.63, 3.8) is 0 Å². The van der Waals surface area contributed by atoms with Crippen molar-refractivity contribution in [3.05, 3.63) is 106 Å². The van der Waals surface area contributed by atoms with Crippen LogP contribution in [-0.4, -0.2) is 68.6 Å². The van der Waals surface area contributed by atoms with E-state index in [-0.39, 0.29) is 11.6 Å². The van der Waals surface area contributed by atoms with Crippen molar-refractivity contribution in [3.8, 4) is 5.88 Å². The topological polar surface area (TPSA) is 67.9 Å². The Morgan fingerprint density at radius 3 is 2.15 bits per heavy atom. The third-order valence-corrected chi connectivity index (χ3v) is 7.80. The number of hydrogen-bond acceptors (Lipinski definition) is 6. The fourth-order valence-electron chi connectivity index (χ4n) is 5.83. The summed E-state index contributed by atoms with van der Waals surface area (Å²) in [6.45, 7) is 7.47. The zero-order valence-corrected chi connectivity index (χ0v) is 22.5. The number of pyridine rings is 1. The lowest BCUT2D eigenvalue weighted by molar-refractivity contribution is 0.108. The third-order valence-electron chi connectivity index (χ3n) is 7.80. The van der Waals surface area contributed by atoms with Gasteiger partial charge in [-0.15, -0.1) is 0 Å². The number of ether oxygens (including phenoxy) is 1. The first-order valence-electron chi connectivity index (χ1n) is 13.6. The predicted octanol–water partition coefficient (Wildman–Crippen LogP) is 4.16. The second-order valence-corrected chi connectivity index (χ2v) is 10.1. The van der Waals surface area contributed by atoms with Crippen molar-refractivity contribution in [1.29, 1.82) is 0 Å². The molecule has 4 heterocycles. The number of benzene rings is 2. The van der Waals surface area contributed by atoms with Crippen LogP contribution >= 0.6 is 0 Å². The minimum Gasteiger partial charge on any atom is -0.481 e. The number of aromatic nitrogens is 4. The fourth-order valence-corrected chi connectivity index (χ4v) is 5.83. The van der Waals surface area contributed by atoms with Crippen molar-refractivity contribution in [1.82, 2.24) is 28.7 Å². The quantitative estimate of drug-likeness (QED) is 0.305. The van der Waals surface area contributed by atoms with Gasteiger partial charge in [0.25, 0.3) is 5.56 Å². The molecule has 0 atom stereocenters. The van der Waals surface area contributed by atoms with Crippen molar-refractivity contribution >= 4 is 16.7 Å². The number of aryl methyl sites for hydroxylation is 2. The lowest BCUT2D eigenvalue weighted by Crippen LogP contribution is -2.48. The van der Waals surface area contributed by atoms with E-state index < -0.39 is 0 Å². The highest BCUT2D eigenvalue weighted by Gasteiger charge is 2.26. The van der Waals surface area contributed by atoms with E-state index >= 15 is 0 Å². The van der Waals surface area contributed by atoms with E-state index in [4.69, 9.17) is 4.74 Å². The molecule has 2 aromatic carbocycles. The maximum absolute atomic E-state index is 13.4. The summed E-state index contributed by atoms with van der Waals surface area (Å²) in [4.78, 5) is 27.5. The summed E-state index contributed by atoms with van der Waals surface area (Å²) in [5, 5.41) is 0. The molecule has 0 amide bonds. The van der Waals surface area contributed by atoms with Crippen LogP contribution in [0.2, 0.25) is 0 Å². The van der Waals surface area contributed by atoms with Gasteiger partial charge < -0.3 is 14.2 Å². The molecule has 200 valence electrons. The minimum atomic E-state index is -0.0338. The summed E-state index contributed by atoms with van der Waals surface area (Å²) >= 11 is 0. The molecule has 0 bridgehead atoms. The Bertz CT molecular complexity index is 1580. The van der Waals surface area contributed by atoms with Gasteiger partial charge in [0.2, 0.25) is 5.88 Å². The summed E-state index contributed by atoms with van der Waals surface area (Å²) < 4.78 is 9.02. The standard InChI is InChI=1S/C31H34N6O2/c1-23-32-22-27-31(38)36(26-14-15-28(39-2)33-30(26)37(23)27)17-9-16-34-18-20-35(21-19-34)29(24-10-5-3-6-11-24)25-12-7-4-8-13-25/h3-8,10-15,22,29H,9,16-21H2,1-2H3. The lowest BCUT2D eigenvalue weighted by Gasteiger charge is -2.40. The van der Waals surface area contributed by atoms with E-state index in [9.17, 15) is 4.79 Å². The van der Waals surface area contributed by atoms with Crippen LogP contribution in [0.3, 0.4) is 0 Å². The zero-order chi connectivity index (χ0) is 26.8. The van der Waals surface area contributed by atoms with E-state index in [0.717, 1.165) is 50.5 Å². The highest BCUT2D eigenvalue weighted by atomic mass is 16.5. The van der Waals surface area contributed by atoms with E-state index in [0.29, 0.717) is 23.6 Å². The first-order valence-corrected chi connectivity index (χ1v) is 13.6. The Morgan fingerprint density at radius 2 is 1.51 bits per heavy atom. The molecular formula is C31H34N6O2. The fraction of sp³-hybridized carbons (Fsp3) is 0.323. The van der Waals surface area contributed by atoms with Gasteiger partial charge in [-0.25, -0.2) is 4.98 Å². The van der Waals surface area contributed by atoms with Gasteiger partial charge in [-0.3, -0.25) is 14.1 Å². The normalized spacial score (nSPS) is 14.9. The molecule has 8 heteroatoms. The molecule has 1 fully saturated rings. The molecular weight excluding hydrogens is 488 g/mol. The van der Waals surface area contributed by atoms with Gasteiger partial charge in [-0.1, -0.05) is 60.7 Å². The summed E-state index contributed by atoms with van der Waals surface area (Å²) in [6, 6.07) is 25.6. The van der Waals surface area contributed by atoms with Crippen molar-refractivity contribution in [2.75, 3.05) is 39.8 Å². The Hall–Kier alpha value is -4.01. The van der Waals surface area contributed by atoms with Crippen molar-refractivity contribution in [2.45, 2.75) is 25.9 Å². The molecule has 1 aliphatic rings. The van der Waals surface area contributed by atoms with E-state index in [1.807, 2.05) is 28.0 Å². The molecule has 0 radical (unpaired) electrons. The van der Waals surface area contributed by atoms with Gasteiger partial charge in [-0.05, 0) is 37.1 Å². The van der Waals surface area contributed by atoms with Gasteiger partial charge in [0.1, 0.15) is 11.3 Å². The average molecular weight is 523 g/mol. The largest absolute Gasteiger partial charge is 0.481 e. The zero-order valence-electron chi connectivity index (χ0n) is 22.5. The van der Waals surface area contributed by atoms with E-state index in [1.54, 1.807) is 13.3 Å². The van der Waals surface area contributed by atoms with Crippen molar-refractivity contribution in [2.24, 2.45) is 0 Å². The molecule has 0 spiro atoms. The number of hydrogen-bond donors (Lipinski definition) is 0. The Balaban J connectivity index is 1.15. The maximum Gasteiger partial charge on any atom is 0.277 e. The number of methoxy groups -OCH3 is 1. The Labute approximate surface area is 228 Å². The molecule has 0 aliphatic carbocycles. The molecule has 8 nitrogen and oxygen atoms in total. The molecule has 3 aromatic heterocycles.